The summed E-state index contributed by atoms with van der Waals surface area (Å²) >= 11 is 0. The molecule has 0 bridgehead atoms. The van der Waals surface area contributed by atoms with Crippen LogP contribution in [0.25, 0.3) is 0 Å². The molecule has 0 saturated carbocycles. The fraction of sp³-hybridized carbons (Fsp3) is 0.643. The molecular formula is C14H22N4O3. The summed E-state index contributed by atoms with van der Waals surface area (Å²) < 4.78 is 10.2. The summed E-state index contributed by atoms with van der Waals surface area (Å²) in [6, 6.07) is 1.56. The Morgan fingerprint density at radius 2 is 2.05 bits per heavy atom. The highest BCUT2D eigenvalue weighted by atomic mass is 16.5. The highest BCUT2D eigenvalue weighted by molar-refractivity contribution is 5.97. The van der Waals surface area contributed by atoms with Crippen LogP contribution in [0.1, 0.15) is 32.6 Å². The number of nitrogens with one attached hydrogen (secondary N) is 2. The topological polar surface area (TPSA) is 85.4 Å². The van der Waals surface area contributed by atoms with Crippen LogP contribution >= 0.6 is 0 Å². The zero-order valence-electron chi connectivity index (χ0n) is 12.7. The van der Waals surface area contributed by atoms with Crippen LogP contribution < -0.4 is 20.1 Å². The van der Waals surface area contributed by atoms with Gasteiger partial charge in [0.05, 0.1) is 25.8 Å². The number of hydrogen-bond acceptors (Lipinski definition) is 6. The lowest BCUT2D eigenvalue weighted by Gasteiger charge is -2.27. The molecule has 7 nitrogen and oxygen atoms in total. The van der Waals surface area contributed by atoms with E-state index in [1.165, 1.54) is 14.2 Å². The predicted octanol–water partition coefficient (Wildman–Crippen LogP) is 1.35. The molecule has 1 unspecified atom stereocenters. The molecule has 116 valence electrons. The molecule has 0 aromatic carbocycles. The molecule has 1 aliphatic heterocycles. The minimum Gasteiger partial charge on any atom is -0.481 e. The fourth-order valence-electron chi connectivity index (χ4n) is 2.64. The largest absolute Gasteiger partial charge is 0.481 e. The van der Waals surface area contributed by atoms with Gasteiger partial charge < -0.3 is 14.8 Å². The first-order valence-corrected chi connectivity index (χ1v) is 7.17. The summed E-state index contributed by atoms with van der Waals surface area (Å²) in [5.74, 6) is 0.791. The zero-order chi connectivity index (χ0) is 15.3. The van der Waals surface area contributed by atoms with Crippen LogP contribution in [-0.4, -0.2) is 42.2 Å². The van der Waals surface area contributed by atoms with Crippen LogP contribution in [0.4, 0.5) is 5.95 Å². The molecule has 2 N–H and O–H groups in total. The number of ether oxygens (including phenoxy) is 2. The van der Waals surface area contributed by atoms with Crippen LogP contribution in [0.15, 0.2) is 6.07 Å². The fourth-order valence-corrected chi connectivity index (χ4v) is 2.64. The van der Waals surface area contributed by atoms with E-state index in [9.17, 15) is 4.79 Å². The van der Waals surface area contributed by atoms with Crippen LogP contribution in [0.3, 0.4) is 0 Å². The number of amides is 1. The third kappa shape index (κ3) is 3.41. The van der Waals surface area contributed by atoms with Crippen LogP contribution in [0.2, 0.25) is 0 Å². The van der Waals surface area contributed by atoms with E-state index in [4.69, 9.17) is 9.47 Å². The van der Waals surface area contributed by atoms with E-state index in [1.54, 1.807) is 6.07 Å². The van der Waals surface area contributed by atoms with Gasteiger partial charge in [-0.1, -0.05) is 13.3 Å². The van der Waals surface area contributed by atoms with Gasteiger partial charge in [-0.3, -0.25) is 10.1 Å². The van der Waals surface area contributed by atoms with Crippen LogP contribution in [0.5, 0.6) is 11.8 Å². The van der Waals surface area contributed by atoms with Gasteiger partial charge >= 0.3 is 0 Å². The molecule has 7 heteroatoms. The molecule has 1 aliphatic rings. The molecule has 1 atom stereocenters. The molecule has 1 aromatic rings. The Kier molecular flexibility index (Phi) is 4.95. The summed E-state index contributed by atoms with van der Waals surface area (Å²) in [7, 11) is 3.01. The Morgan fingerprint density at radius 1 is 1.38 bits per heavy atom. The Bertz CT molecular complexity index is 479. The number of carbonyl (C=O) groups is 1. The van der Waals surface area contributed by atoms with Crippen molar-refractivity contribution in [3.8, 4) is 11.8 Å². The van der Waals surface area contributed by atoms with Gasteiger partial charge in [0.2, 0.25) is 23.6 Å². The third-order valence-electron chi connectivity index (χ3n) is 3.68. The maximum Gasteiger partial charge on any atom is 0.247 e. The lowest BCUT2D eigenvalue weighted by Crippen LogP contribution is -2.50. The maximum absolute atomic E-state index is 12.6. The van der Waals surface area contributed by atoms with Gasteiger partial charge in [-0.05, 0) is 25.8 Å². The van der Waals surface area contributed by atoms with Crippen molar-refractivity contribution in [1.82, 2.24) is 15.3 Å². The number of carbonyl (C=O) groups excluding carboxylic acids is 1. The molecule has 2 heterocycles. The van der Waals surface area contributed by atoms with Gasteiger partial charge in [0.15, 0.2) is 0 Å². The van der Waals surface area contributed by atoms with E-state index in [0.29, 0.717) is 11.8 Å². The molecule has 1 fully saturated rings. The quantitative estimate of drug-likeness (QED) is 0.824. The second kappa shape index (κ2) is 6.71. The van der Waals surface area contributed by atoms with Gasteiger partial charge in [0.25, 0.3) is 0 Å². The minimum atomic E-state index is -0.519. The third-order valence-corrected chi connectivity index (χ3v) is 3.68. The average molecular weight is 294 g/mol. The number of hydrogen-bond donors (Lipinski definition) is 2. The molecule has 1 saturated heterocycles. The summed E-state index contributed by atoms with van der Waals surface area (Å²) in [5.41, 5.74) is -0.519. The van der Waals surface area contributed by atoms with Crippen molar-refractivity contribution in [2.75, 3.05) is 26.1 Å². The number of aromatic nitrogens is 2. The summed E-state index contributed by atoms with van der Waals surface area (Å²) in [6.07, 6.45) is 3.55. The molecule has 21 heavy (non-hydrogen) atoms. The first kappa shape index (κ1) is 15.5. The SMILES string of the molecule is CCCC1(C(=O)Nc2nc(OC)cc(OC)n2)CCCN1. The van der Waals surface area contributed by atoms with Gasteiger partial charge in [0.1, 0.15) is 0 Å². The maximum atomic E-state index is 12.6. The molecule has 1 amide bonds. The average Bonchev–Trinajstić information content (AvgIpc) is 2.97. The summed E-state index contributed by atoms with van der Waals surface area (Å²) in [4.78, 5) is 20.8. The van der Waals surface area contributed by atoms with Gasteiger partial charge in [-0.2, -0.15) is 9.97 Å². The number of anilines is 1. The first-order valence-electron chi connectivity index (χ1n) is 7.17. The molecule has 0 aliphatic carbocycles. The van der Waals surface area contributed by atoms with E-state index in [-0.39, 0.29) is 11.9 Å². The van der Waals surface area contributed by atoms with Crippen molar-refractivity contribution in [3.05, 3.63) is 6.07 Å². The monoisotopic (exact) mass is 294 g/mol. The van der Waals surface area contributed by atoms with Crippen molar-refractivity contribution in [2.45, 2.75) is 38.1 Å². The van der Waals surface area contributed by atoms with E-state index >= 15 is 0 Å². The number of nitrogens with zero attached hydrogens (tertiary/aromatic N) is 2. The van der Waals surface area contributed by atoms with Gasteiger partial charge in [-0.15, -0.1) is 0 Å². The zero-order valence-corrected chi connectivity index (χ0v) is 12.7. The summed E-state index contributed by atoms with van der Waals surface area (Å²) in [5, 5.41) is 6.09. The lowest BCUT2D eigenvalue weighted by molar-refractivity contribution is -0.122. The second-order valence-corrected chi connectivity index (χ2v) is 5.09. The smallest absolute Gasteiger partial charge is 0.247 e. The predicted molar refractivity (Wildman–Crippen MR) is 78.6 cm³/mol. The normalized spacial score (nSPS) is 21.1. The first-order chi connectivity index (χ1) is 10.1. The van der Waals surface area contributed by atoms with E-state index in [2.05, 4.69) is 27.5 Å². The van der Waals surface area contributed by atoms with Gasteiger partial charge in [-0.25, -0.2) is 0 Å². The Balaban J connectivity index is 2.18. The minimum absolute atomic E-state index is 0.0999. The standard InChI is InChI=1S/C14H22N4O3/c1-4-6-14(7-5-8-15-14)12(19)18-13-16-10(20-2)9-11(17-13)21-3/h9,15H,4-8H2,1-3H3,(H,16,17,18,19). The van der Waals surface area contributed by atoms with E-state index in [0.717, 1.165) is 32.2 Å². The molecular weight excluding hydrogens is 272 g/mol. The van der Waals surface area contributed by atoms with Crippen LogP contribution in [-0.2, 0) is 4.79 Å². The van der Waals surface area contributed by atoms with E-state index < -0.39 is 5.54 Å². The second-order valence-electron chi connectivity index (χ2n) is 5.09. The Morgan fingerprint density at radius 3 is 2.52 bits per heavy atom. The summed E-state index contributed by atoms with van der Waals surface area (Å²) in [6.45, 7) is 2.93. The van der Waals surface area contributed by atoms with Crippen LogP contribution in [0, 0.1) is 0 Å². The Hall–Kier alpha value is -1.89. The van der Waals surface area contributed by atoms with Crippen molar-refractivity contribution >= 4 is 11.9 Å². The molecule has 0 spiro atoms. The molecule has 0 radical (unpaired) electrons. The van der Waals surface area contributed by atoms with E-state index in [1.807, 2.05) is 0 Å². The van der Waals surface area contributed by atoms with Crippen molar-refractivity contribution in [3.63, 3.8) is 0 Å². The van der Waals surface area contributed by atoms with Crippen molar-refractivity contribution in [1.29, 1.82) is 0 Å². The molecule has 2 rings (SSSR count). The van der Waals surface area contributed by atoms with Crippen molar-refractivity contribution in [2.24, 2.45) is 0 Å². The Labute approximate surface area is 124 Å². The van der Waals surface area contributed by atoms with Gasteiger partial charge in [0, 0.05) is 0 Å². The van der Waals surface area contributed by atoms with Crippen molar-refractivity contribution < 1.29 is 14.3 Å². The number of methoxy groups -OCH3 is 2. The lowest BCUT2D eigenvalue weighted by atomic mass is 9.91. The highest BCUT2D eigenvalue weighted by Gasteiger charge is 2.40. The number of rotatable bonds is 6. The molecule has 1 aromatic heterocycles. The highest BCUT2D eigenvalue weighted by Crippen LogP contribution is 2.26.